The number of piperidine rings is 1. The summed E-state index contributed by atoms with van der Waals surface area (Å²) in [6.07, 6.45) is 3.25. The zero-order valence-electron chi connectivity index (χ0n) is 17.5. The summed E-state index contributed by atoms with van der Waals surface area (Å²) >= 11 is 0. The first-order chi connectivity index (χ1) is 13.3. The number of likely N-dealkylation sites (tertiary alicyclic amines) is 1. The van der Waals surface area contributed by atoms with Crippen molar-refractivity contribution in [1.29, 1.82) is 5.41 Å². The molecule has 0 bridgehead atoms. The van der Waals surface area contributed by atoms with Crippen LogP contribution in [0.25, 0.3) is 0 Å². The SMILES string of the molecule is CC(C)C[C@@H](N)C(=O)N1CCC[C@@H]2C[C@@]21C(=O)NCc1ccc(C(=N)N)cc1.Cl.Cl. The molecule has 1 heterocycles. The van der Waals surface area contributed by atoms with Crippen molar-refractivity contribution in [2.24, 2.45) is 23.3 Å². The van der Waals surface area contributed by atoms with Gasteiger partial charge in [-0.25, -0.2) is 0 Å². The number of nitrogens with two attached hydrogens (primary N) is 2. The van der Waals surface area contributed by atoms with E-state index in [1.807, 2.05) is 26.0 Å². The van der Waals surface area contributed by atoms with Crippen molar-refractivity contribution in [2.75, 3.05) is 6.54 Å². The fourth-order valence-electron chi connectivity index (χ4n) is 4.34. The molecule has 30 heavy (non-hydrogen) atoms. The van der Waals surface area contributed by atoms with E-state index in [4.69, 9.17) is 16.9 Å². The Hall–Kier alpha value is -1.83. The number of hydrogen-bond acceptors (Lipinski definition) is 4. The fraction of sp³-hybridized carbons (Fsp3) is 0.571. The van der Waals surface area contributed by atoms with Gasteiger partial charge in [-0.3, -0.25) is 15.0 Å². The van der Waals surface area contributed by atoms with Crippen LogP contribution in [0.3, 0.4) is 0 Å². The van der Waals surface area contributed by atoms with Crippen LogP contribution in [0.15, 0.2) is 24.3 Å². The lowest BCUT2D eigenvalue weighted by molar-refractivity contribution is -0.145. The first-order valence-electron chi connectivity index (χ1n) is 10.0. The number of carbonyl (C=O) groups excluding carboxylic acids is 2. The van der Waals surface area contributed by atoms with Crippen LogP contribution in [-0.2, 0) is 16.1 Å². The van der Waals surface area contributed by atoms with E-state index in [2.05, 4.69) is 5.32 Å². The van der Waals surface area contributed by atoms with Crippen LogP contribution in [-0.4, -0.2) is 40.7 Å². The average Bonchev–Trinajstić information content (AvgIpc) is 3.41. The highest BCUT2D eigenvalue weighted by atomic mass is 35.5. The highest BCUT2D eigenvalue weighted by Gasteiger charge is 2.66. The monoisotopic (exact) mass is 457 g/mol. The molecule has 0 radical (unpaired) electrons. The molecule has 1 aliphatic carbocycles. The molecule has 0 unspecified atom stereocenters. The molecule has 3 rings (SSSR count). The predicted molar refractivity (Wildman–Crippen MR) is 123 cm³/mol. The van der Waals surface area contributed by atoms with Crippen molar-refractivity contribution < 1.29 is 9.59 Å². The van der Waals surface area contributed by atoms with Crippen LogP contribution in [0.4, 0.5) is 0 Å². The molecule has 3 atom stereocenters. The van der Waals surface area contributed by atoms with Crippen molar-refractivity contribution >= 4 is 42.5 Å². The number of halogens is 2. The van der Waals surface area contributed by atoms with Crippen LogP contribution in [0.5, 0.6) is 0 Å². The molecular weight excluding hydrogens is 425 g/mol. The quantitative estimate of drug-likeness (QED) is 0.369. The van der Waals surface area contributed by atoms with Crippen molar-refractivity contribution in [1.82, 2.24) is 10.2 Å². The maximum Gasteiger partial charge on any atom is 0.246 e. The van der Waals surface area contributed by atoms with Crippen molar-refractivity contribution in [3.8, 4) is 0 Å². The molecule has 7 nitrogen and oxygen atoms in total. The molecule has 168 valence electrons. The lowest BCUT2D eigenvalue weighted by Crippen LogP contribution is -2.58. The van der Waals surface area contributed by atoms with E-state index < -0.39 is 11.6 Å². The smallest absolute Gasteiger partial charge is 0.246 e. The third-order valence-electron chi connectivity index (χ3n) is 5.91. The molecular formula is C21H33Cl2N5O2. The molecule has 1 saturated heterocycles. The van der Waals surface area contributed by atoms with Gasteiger partial charge in [0, 0.05) is 18.7 Å². The number of hydrogen-bond donors (Lipinski definition) is 4. The number of nitrogen functional groups attached to an aromatic ring is 1. The summed E-state index contributed by atoms with van der Waals surface area (Å²) in [7, 11) is 0. The molecule has 1 aromatic carbocycles. The first-order valence-corrected chi connectivity index (χ1v) is 10.0. The molecule has 1 aliphatic heterocycles. The van der Waals surface area contributed by atoms with Gasteiger partial charge in [-0.2, -0.15) is 0 Å². The van der Waals surface area contributed by atoms with Gasteiger partial charge in [-0.15, -0.1) is 24.8 Å². The summed E-state index contributed by atoms with van der Waals surface area (Å²) in [5, 5.41) is 10.4. The second kappa shape index (κ2) is 10.5. The fourth-order valence-corrected chi connectivity index (χ4v) is 4.34. The Morgan fingerprint density at radius 1 is 1.27 bits per heavy atom. The second-order valence-corrected chi connectivity index (χ2v) is 8.49. The van der Waals surface area contributed by atoms with Gasteiger partial charge in [-0.05, 0) is 43.1 Å². The number of nitrogens with one attached hydrogen (secondary N) is 2. The van der Waals surface area contributed by atoms with Gasteiger partial charge in [0.2, 0.25) is 11.8 Å². The number of rotatable bonds is 7. The van der Waals surface area contributed by atoms with Crippen molar-refractivity contribution in [2.45, 2.75) is 57.7 Å². The summed E-state index contributed by atoms with van der Waals surface area (Å²) in [6, 6.07) is 6.68. The minimum atomic E-state index is -0.719. The predicted octanol–water partition coefficient (Wildman–Crippen LogP) is 2.18. The van der Waals surface area contributed by atoms with Crippen molar-refractivity contribution in [3.63, 3.8) is 0 Å². The maximum atomic E-state index is 13.1. The lowest BCUT2D eigenvalue weighted by atomic mass is 9.97. The Kier molecular flexibility index (Phi) is 9.14. The minimum absolute atomic E-state index is 0. The molecule has 9 heteroatoms. The molecule has 0 spiro atoms. The normalized spacial score (nSPS) is 22.8. The second-order valence-electron chi connectivity index (χ2n) is 8.49. The molecule has 2 fully saturated rings. The van der Waals surface area contributed by atoms with E-state index >= 15 is 0 Å². The molecule has 6 N–H and O–H groups in total. The van der Waals surface area contributed by atoms with Gasteiger partial charge >= 0.3 is 0 Å². The van der Waals surface area contributed by atoms with Gasteiger partial charge in [0.25, 0.3) is 0 Å². The standard InChI is InChI=1S/C21H31N5O2.2ClH/c1-13(2)10-17(22)19(27)26-9-3-4-16-11-21(16,26)20(28)25-12-14-5-7-15(8-6-14)18(23)24;;/h5-8,13,16-17H,3-4,9-12,22H2,1-2H3,(H3,23,24)(H,25,28);2*1H/t16-,17-,21+;;/m1../s1. The number of nitrogens with zero attached hydrogens (tertiary/aromatic N) is 1. The summed E-state index contributed by atoms with van der Waals surface area (Å²) in [6.45, 7) is 5.07. The molecule has 0 aromatic heterocycles. The number of carbonyl (C=O) groups is 2. The Labute approximate surface area is 190 Å². The summed E-state index contributed by atoms with van der Waals surface area (Å²) in [5.74, 6) is 0.400. The van der Waals surface area contributed by atoms with Gasteiger partial charge < -0.3 is 21.7 Å². The largest absolute Gasteiger partial charge is 0.384 e. The third-order valence-corrected chi connectivity index (χ3v) is 5.91. The Morgan fingerprint density at radius 2 is 1.90 bits per heavy atom. The van der Waals surface area contributed by atoms with Crippen LogP contribution < -0.4 is 16.8 Å². The Bertz CT molecular complexity index is 771. The topological polar surface area (TPSA) is 125 Å². The van der Waals surface area contributed by atoms with Gasteiger partial charge in [-0.1, -0.05) is 38.1 Å². The highest BCUT2D eigenvalue weighted by Crippen LogP contribution is 2.54. The Balaban J connectivity index is 0.00000225. The maximum absolute atomic E-state index is 13.1. The van der Waals surface area contributed by atoms with Crippen LogP contribution in [0.1, 0.15) is 50.7 Å². The molecule has 1 aromatic rings. The number of benzene rings is 1. The molecule has 2 amide bonds. The zero-order valence-corrected chi connectivity index (χ0v) is 19.2. The van der Waals surface area contributed by atoms with Gasteiger partial charge in [0.15, 0.2) is 0 Å². The minimum Gasteiger partial charge on any atom is -0.384 e. The van der Waals surface area contributed by atoms with Crippen LogP contribution in [0.2, 0.25) is 0 Å². The summed E-state index contributed by atoms with van der Waals surface area (Å²) in [4.78, 5) is 27.8. The number of amidine groups is 1. The average molecular weight is 458 g/mol. The summed E-state index contributed by atoms with van der Waals surface area (Å²) < 4.78 is 0. The highest BCUT2D eigenvalue weighted by molar-refractivity contribution is 5.96. The van der Waals surface area contributed by atoms with E-state index in [0.717, 1.165) is 24.8 Å². The number of amides is 2. The molecule has 1 saturated carbocycles. The number of fused-ring (bicyclic) bond motifs is 1. The van der Waals surface area contributed by atoms with Crippen molar-refractivity contribution in [3.05, 3.63) is 35.4 Å². The first kappa shape index (κ1) is 26.2. The zero-order chi connectivity index (χ0) is 20.5. The third kappa shape index (κ3) is 5.25. The van der Waals surface area contributed by atoms with E-state index in [0.29, 0.717) is 31.0 Å². The lowest BCUT2D eigenvalue weighted by Gasteiger charge is -2.37. The van der Waals surface area contributed by atoms with Crippen LogP contribution in [0, 0.1) is 17.2 Å². The van der Waals surface area contributed by atoms with E-state index in [1.165, 1.54) is 0 Å². The molecule has 2 aliphatic rings. The van der Waals surface area contributed by atoms with Crippen LogP contribution >= 0.6 is 24.8 Å². The van der Waals surface area contributed by atoms with E-state index in [1.54, 1.807) is 17.0 Å². The Morgan fingerprint density at radius 3 is 2.47 bits per heavy atom. The van der Waals surface area contributed by atoms with E-state index in [-0.39, 0.29) is 48.4 Å². The van der Waals surface area contributed by atoms with Gasteiger partial charge in [0.1, 0.15) is 11.4 Å². The van der Waals surface area contributed by atoms with Gasteiger partial charge in [0.05, 0.1) is 6.04 Å². The van der Waals surface area contributed by atoms with E-state index in [9.17, 15) is 9.59 Å². The summed E-state index contributed by atoms with van der Waals surface area (Å²) in [5.41, 5.74) is 12.5.